The fourth-order valence-electron chi connectivity index (χ4n) is 3.78. The highest BCUT2D eigenvalue weighted by molar-refractivity contribution is 7.89. The molecule has 7 heteroatoms. The molecular weight excluding hydrogens is 412 g/mol. The van der Waals surface area contributed by atoms with Crippen LogP contribution >= 0.6 is 0 Å². The van der Waals surface area contributed by atoms with Crippen LogP contribution in [0.3, 0.4) is 0 Å². The molecule has 1 saturated heterocycles. The molecule has 0 aliphatic carbocycles. The third-order valence-corrected chi connectivity index (χ3v) is 7.32. The van der Waals surface area contributed by atoms with Crippen molar-refractivity contribution in [2.45, 2.75) is 18.0 Å². The van der Waals surface area contributed by atoms with Gasteiger partial charge in [0.25, 0.3) is 5.91 Å². The molecule has 160 valence electrons. The molecule has 3 aromatic rings. The second-order valence-electron chi connectivity index (χ2n) is 7.44. The van der Waals surface area contributed by atoms with Crippen LogP contribution < -0.4 is 4.74 Å². The van der Waals surface area contributed by atoms with E-state index in [0.29, 0.717) is 23.4 Å². The average molecular weight is 437 g/mol. The summed E-state index contributed by atoms with van der Waals surface area (Å²) < 4.78 is 33.5. The predicted molar refractivity (Wildman–Crippen MR) is 118 cm³/mol. The molecule has 0 aromatic heterocycles. The van der Waals surface area contributed by atoms with Gasteiger partial charge in [-0.05, 0) is 48.9 Å². The minimum atomic E-state index is -3.80. The van der Waals surface area contributed by atoms with Crippen molar-refractivity contribution in [3.05, 3.63) is 95.6 Å². The van der Waals surface area contributed by atoms with E-state index in [2.05, 4.69) is 0 Å². The van der Waals surface area contributed by atoms with Gasteiger partial charge in [0.05, 0.1) is 12.0 Å². The number of rotatable bonds is 5. The number of sulfonamides is 1. The van der Waals surface area contributed by atoms with Gasteiger partial charge in [-0.15, -0.1) is 0 Å². The van der Waals surface area contributed by atoms with Crippen molar-refractivity contribution >= 4 is 15.9 Å². The molecule has 0 unspecified atom stereocenters. The lowest BCUT2D eigenvalue weighted by atomic mass is 10.1. The molecule has 1 heterocycles. The molecule has 1 atom stereocenters. The molecule has 31 heavy (non-hydrogen) atoms. The summed E-state index contributed by atoms with van der Waals surface area (Å²) >= 11 is 0. The van der Waals surface area contributed by atoms with Crippen molar-refractivity contribution < 1.29 is 17.9 Å². The van der Waals surface area contributed by atoms with Gasteiger partial charge < -0.3 is 9.64 Å². The highest BCUT2D eigenvalue weighted by Crippen LogP contribution is 2.36. The number of hydrogen-bond acceptors (Lipinski definition) is 4. The molecule has 1 amide bonds. The van der Waals surface area contributed by atoms with E-state index in [-0.39, 0.29) is 17.3 Å². The Labute approximate surface area is 182 Å². The third-order valence-electron chi connectivity index (χ3n) is 5.45. The van der Waals surface area contributed by atoms with Crippen LogP contribution in [-0.2, 0) is 10.0 Å². The van der Waals surface area contributed by atoms with Crippen LogP contribution in [0.1, 0.15) is 27.7 Å². The zero-order valence-electron chi connectivity index (χ0n) is 17.4. The molecular formula is C24H24N2O4S. The lowest BCUT2D eigenvalue weighted by Crippen LogP contribution is -2.38. The SMILES string of the molecule is COc1ccc([C@@H]2N(C(=O)c3ccc(C)cc3)CCN2S(=O)(=O)c2ccccc2)cc1. The number of hydrogen-bond donors (Lipinski definition) is 0. The van der Waals surface area contributed by atoms with Gasteiger partial charge in [0.15, 0.2) is 0 Å². The number of benzene rings is 3. The summed E-state index contributed by atoms with van der Waals surface area (Å²) in [6, 6.07) is 22.8. The van der Waals surface area contributed by atoms with Crippen LogP contribution in [0, 0.1) is 6.92 Å². The maximum Gasteiger partial charge on any atom is 0.255 e. The number of ether oxygens (including phenoxy) is 1. The average Bonchev–Trinajstić information content (AvgIpc) is 3.26. The minimum Gasteiger partial charge on any atom is -0.497 e. The number of aryl methyl sites for hydroxylation is 1. The first-order valence-electron chi connectivity index (χ1n) is 10.0. The maximum absolute atomic E-state index is 13.5. The fraction of sp³-hybridized carbons (Fsp3) is 0.208. The molecule has 1 aliphatic rings. The van der Waals surface area contributed by atoms with Gasteiger partial charge in [-0.1, -0.05) is 48.0 Å². The van der Waals surface area contributed by atoms with Crippen molar-refractivity contribution in [1.29, 1.82) is 0 Å². The summed E-state index contributed by atoms with van der Waals surface area (Å²) in [5.41, 5.74) is 2.29. The molecule has 1 aliphatic heterocycles. The lowest BCUT2D eigenvalue weighted by molar-refractivity contribution is 0.0693. The second kappa shape index (κ2) is 8.53. The molecule has 4 rings (SSSR count). The molecule has 6 nitrogen and oxygen atoms in total. The smallest absolute Gasteiger partial charge is 0.255 e. The number of methoxy groups -OCH3 is 1. The van der Waals surface area contributed by atoms with Crippen molar-refractivity contribution in [2.75, 3.05) is 20.2 Å². The molecule has 0 bridgehead atoms. The standard InChI is InChI=1S/C24H24N2O4S/c1-18-8-10-20(11-9-18)24(27)25-16-17-26(31(28,29)22-6-4-3-5-7-22)23(25)19-12-14-21(30-2)15-13-19/h3-15,23H,16-17H2,1-2H3/t23-/m1/s1. The van der Waals surface area contributed by atoms with Gasteiger partial charge in [0.1, 0.15) is 11.9 Å². The number of carbonyl (C=O) groups excluding carboxylic acids is 1. The van der Waals surface area contributed by atoms with Crippen LogP contribution in [0.5, 0.6) is 5.75 Å². The van der Waals surface area contributed by atoms with E-state index in [1.165, 1.54) is 4.31 Å². The largest absolute Gasteiger partial charge is 0.497 e. The zero-order valence-corrected chi connectivity index (χ0v) is 18.2. The van der Waals surface area contributed by atoms with Crippen molar-refractivity contribution in [3.8, 4) is 5.75 Å². The summed E-state index contributed by atoms with van der Waals surface area (Å²) in [7, 11) is -2.23. The van der Waals surface area contributed by atoms with Crippen LogP contribution in [0.25, 0.3) is 0 Å². The van der Waals surface area contributed by atoms with E-state index < -0.39 is 16.2 Å². The van der Waals surface area contributed by atoms with Gasteiger partial charge >= 0.3 is 0 Å². The molecule has 0 saturated carbocycles. The minimum absolute atomic E-state index is 0.202. The van der Waals surface area contributed by atoms with Crippen molar-refractivity contribution in [2.24, 2.45) is 0 Å². The van der Waals surface area contributed by atoms with E-state index >= 15 is 0 Å². The van der Waals surface area contributed by atoms with Crippen molar-refractivity contribution in [3.63, 3.8) is 0 Å². The van der Waals surface area contributed by atoms with Crippen LogP contribution in [0.15, 0.2) is 83.8 Å². The van der Waals surface area contributed by atoms with E-state index in [4.69, 9.17) is 4.74 Å². The quantitative estimate of drug-likeness (QED) is 0.609. The Kier molecular flexibility index (Phi) is 5.80. The van der Waals surface area contributed by atoms with E-state index in [0.717, 1.165) is 5.56 Å². The molecule has 1 fully saturated rings. The van der Waals surface area contributed by atoms with Crippen LogP contribution in [0.4, 0.5) is 0 Å². The van der Waals surface area contributed by atoms with E-state index in [1.807, 2.05) is 19.1 Å². The Morgan fingerprint density at radius 1 is 0.903 bits per heavy atom. The summed E-state index contributed by atoms with van der Waals surface area (Å²) in [6.45, 7) is 2.47. The molecule has 3 aromatic carbocycles. The Balaban J connectivity index is 1.76. The van der Waals surface area contributed by atoms with E-state index in [9.17, 15) is 13.2 Å². The highest BCUT2D eigenvalue weighted by Gasteiger charge is 2.43. The zero-order chi connectivity index (χ0) is 22.0. The Bertz CT molecular complexity index is 1160. The van der Waals surface area contributed by atoms with E-state index in [1.54, 1.807) is 78.7 Å². The van der Waals surface area contributed by atoms with Gasteiger partial charge in [-0.25, -0.2) is 8.42 Å². The first-order valence-corrected chi connectivity index (χ1v) is 11.4. The normalized spacial score (nSPS) is 17.0. The molecule has 0 radical (unpaired) electrons. The Morgan fingerprint density at radius 2 is 1.55 bits per heavy atom. The number of nitrogens with zero attached hydrogens (tertiary/aromatic N) is 2. The van der Waals surface area contributed by atoms with Gasteiger partial charge in [0, 0.05) is 18.7 Å². The lowest BCUT2D eigenvalue weighted by Gasteiger charge is -2.30. The number of carbonyl (C=O) groups is 1. The third kappa shape index (κ3) is 4.06. The Hall–Kier alpha value is -3.16. The van der Waals surface area contributed by atoms with Crippen LogP contribution in [-0.4, -0.2) is 43.7 Å². The molecule has 0 N–H and O–H groups in total. The first kappa shape index (κ1) is 21.1. The second-order valence-corrected chi connectivity index (χ2v) is 9.33. The van der Waals surface area contributed by atoms with Gasteiger partial charge in [0.2, 0.25) is 10.0 Å². The predicted octanol–water partition coefficient (Wildman–Crippen LogP) is 3.85. The van der Waals surface area contributed by atoms with Crippen LogP contribution in [0.2, 0.25) is 0 Å². The summed E-state index contributed by atoms with van der Waals surface area (Å²) in [5, 5.41) is 0. The maximum atomic E-state index is 13.5. The Morgan fingerprint density at radius 3 is 2.16 bits per heavy atom. The monoisotopic (exact) mass is 436 g/mol. The van der Waals surface area contributed by atoms with Gasteiger partial charge in [-0.2, -0.15) is 4.31 Å². The highest BCUT2D eigenvalue weighted by atomic mass is 32.2. The molecule has 0 spiro atoms. The summed E-state index contributed by atoms with van der Waals surface area (Å²) in [5.74, 6) is 0.460. The topological polar surface area (TPSA) is 66.9 Å². The fourth-order valence-corrected chi connectivity index (χ4v) is 5.37. The summed E-state index contributed by atoms with van der Waals surface area (Å²) in [6.07, 6.45) is -0.745. The first-order chi connectivity index (χ1) is 14.9. The van der Waals surface area contributed by atoms with Gasteiger partial charge in [-0.3, -0.25) is 4.79 Å². The number of amides is 1. The summed E-state index contributed by atoms with van der Waals surface area (Å²) in [4.78, 5) is 15.2. The van der Waals surface area contributed by atoms with Crippen molar-refractivity contribution in [1.82, 2.24) is 9.21 Å².